The van der Waals surface area contributed by atoms with E-state index >= 15 is 0 Å². The third-order valence-corrected chi connectivity index (χ3v) is 5.94. The maximum absolute atomic E-state index is 12.2. The summed E-state index contributed by atoms with van der Waals surface area (Å²) in [6.45, 7) is 11.0. The van der Waals surface area contributed by atoms with Crippen LogP contribution in [0.25, 0.3) is 10.9 Å². The number of nitrogens with two attached hydrogens (primary N) is 2. The molecular weight excluding hydrogens is 492 g/mol. The molecule has 0 saturated carbocycles. The standard InChI is InChI=1S/C14H18N2O.C9H12.C7H6F2.C3H9N/c1-3-4-5-11-9-16(2)13-7-6-10(14(15)17)8-12(11)13;1-3-9-6-4-5-8(2)7-9;1-5-2-6(8)4-7(9)3-5;1-2-3-4/h6-9H,3-5H2,1-2H3,(H2,15,17);4-7H,3H2,1-2H3;2-4H,1H3;2-4H2,1H3. The molecule has 0 spiro atoms. The van der Waals surface area contributed by atoms with Crippen molar-refractivity contribution < 1.29 is 13.6 Å². The fraction of sp³-hybridized carbons (Fsp3) is 0.364. The summed E-state index contributed by atoms with van der Waals surface area (Å²) >= 11 is 0. The Labute approximate surface area is 233 Å². The highest BCUT2D eigenvalue weighted by Crippen LogP contribution is 2.23. The third-order valence-electron chi connectivity index (χ3n) is 5.94. The van der Waals surface area contributed by atoms with Crippen molar-refractivity contribution in [2.75, 3.05) is 6.54 Å². The van der Waals surface area contributed by atoms with Gasteiger partial charge in [0.1, 0.15) is 11.6 Å². The van der Waals surface area contributed by atoms with Crippen LogP contribution in [0.4, 0.5) is 8.78 Å². The first kappa shape index (κ1) is 33.5. The number of nitrogens with zero attached hydrogens (tertiary/aromatic N) is 1. The Morgan fingerprint density at radius 3 is 1.97 bits per heavy atom. The highest BCUT2D eigenvalue weighted by Gasteiger charge is 2.09. The SMILES string of the molecule is CCCCc1cn(C)c2ccc(C(N)=O)cc12.CCCN.CCc1cccc(C)c1.Cc1cc(F)cc(F)c1. The summed E-state index contributed by atoms with van der Waals surface area (Å²) in [4.78, 5) is 11.2. The number of primary amides is 1. The van der Waals surface area contributed by atoms with Crippen LogP contribution in [0.1, 0.15) is 72.6 Å². The van der Waals surface area contributed by atoms with Gasteiger partial charge in [0.05, 0.1) is 0 Å². The van der Waals surface area contributed by atoms with E-state index in [0.717, 1.165) is 42.8 Å². The third kappa shape index (κ3) is 12.3. The van der Waals surface area contributed by atoms with Gasteiger partial charge in [-0.3, -0.25) is 4.79 Å². The number of fused-ring (bicyclic) bond motifs is 1. The number of aryl methyl sites for hydroxylation is 5. The molecule has 1 amide bonds. The quantitative estimate of drug-likeness (QED) is 0.263. The van der Waals surface area contributed by atoms with Gasteiger partial charge in [-0.05, 0) is 93.1 Å². The van der Waals surface area contributed by atoms with Gasteiger partial charge >= 0.3 is 0 Å². The first-order valence-electron chi connectivity index (χ1n) is 13.6. The summed E-state index contributed by atoms with van der Waals surface area (Å²) in [7, 11) is 2.03. The predicted molar refractivity (Wildman–Crippen MR) is 161 cm³/mol. The van der Waals surface area contributed by atoms with Crippen molar-refractivity contribution in [1.82, 2.24) is 4.57 Å². The molecule has 39 heavy (non-hydrogen) atoms. The molecule has 0 aliphatic rings. The molecule has 4 aromatic rings. The number of aromatic nitrogens is 1. The van der Waals surface area contributed by atoms with Gasteiger partial charge in [-0.15, -0.1) is 0 Å². The van der Waals surface area contributed by atoms with Gasteiger partial charge in [-0.25, -0.2) is 8.78 Å². The summed E-state index contributed by atoms with van der Waals surface area (Å²) in [5.74, 6) is -1.41. The van der Waals surface area contributed by atoms with Crippen LogP contribution in [-0.2, 0) is 19.9 Å². The highest BCUT2D eigenvalue weighted by atomic mass is 19.1. The molecule has 212 valence electrons. The maximum Gasteiger partial charge on any atom is 0.248 e. The lowest BCUT2D eigenvalue weighted by atomic mass is 10.1. The van der Waals surface area contributed by atoms with E-state index < -0.39 is 11.6 Å². The topological polar surface area (TPSA) is 74.0 Å². The van der Waals surface area contributed by atoms with Crippen LogP contribution in [0, 0.1) is 25.5 Å². The summed E-state index contributed by atoms with van der Waals surface area (Å²) in [5, 5.41) is 1.15. The first-order chi connectivity index (χ1) is 18.6. The second-order valence-electron chi connectivity index (χ2n) is 9.54. The van der Waals surface area contributed by atoms with E-state index in [0.29, 0.717) is 11.1 Å². The summed E-state index contributed by atoms with van der Waals surface area (Å²) in [5.41, 5.74) is 16.8. The molecular formula is C33H45F2N3O. The molecule has 4 N–H and O–H groups in total. The van der Waals surface area contributed by atoms with Crippen molar-refractivity contribution in [3.8, 4) is 0 Å². The molecule has 0 bridgehead atoms. The molecule has 1 heterocycles. The van der Waals surface area contributed by atoms with E-state index in [1.807, 2.05) is 19.2 Å². The first-order valence-corrected chi connectivity index (χ1v) is 13.6. The Morgan fingerprint density at radius 2 is 1.51 bits per heavy atom. The summed E-state index contributed by atoms with van der Waals surface area (Å²) in [6.07, 6.45) is 7.77. The number of hydrogen-bond donors (Lipinski definition) is 2. The lowest BCUT2D eigenvalue weighted by Gasteiger charge is -2.00. The minimum atomic E-state index is -0.521. The van der Waals surface area contributed by atoms with E-state index in [-0.39, 0.29) is 5.91 Å². The van der Waals surface area contributed by atoms with Crippen LogP contribution >= 0.6 is 0 Å². The highest BCUT2D eigenvalue weighted by molar-refractivity contribution is 5.98. The van der Waals surface area contributed by atoms with E-state index in [1.165, 1.54) is 41.7 Å². The number of carbonyl (C=O) groups is 1. The zero-order valence-electron chi connectivity index (χ0n) is 24.4. The molecule has 0 fully saturated rings. The fourth-order valence-electron chi connectivity index (χ4n) is 3.82. The molecule has 0 aliphatic heterocycles. The Hall–Kier alpha value is -3.51. The molecule has 0 radical (unpaired) electrons. The van der Waals surface area contributed by atoms with Crippen molar-refractivity contribution >= 4 is 16.8 Å². The maximum atomic E-state index is 12.2. The number of rotatable bonds is 6. The van der Waals surface area contributed by atoms with Crippen LogP contribution in [-0.4, -0.2) is 17.0 Å². The van der Waals surface area contributed by atoms with E-state index in [2.05, 4.69) is 62.7 Å². The Balaban J connectivity index is 0.000000293. The number of amides is 1. The molecule has 0 unspecified atom stereocenters. The summed E-state index contributed by atoms with van der Waals surface area (Å²) < 4.78 is 26.5. The number of unbranched alkanes of at least 4 members (excludes halogenated alkanes) is 1. The minimum Gasteiger partial charge on any atom is -0.366 e. The lowest BCUT2D eigenvalue weighted by molar-refractivity contribution is 0.100. The van der Waals surface area contributed by atoms with Gasteiger partial charge in [0.25, 0.3) is 0 Å². The molecule has 3 aromatic carbocycles. The normalized spacial score (nSPS) is 9.97. The Kier molecular flexibility index (Phi) is 15.4. The molecule has 4 nitrogen and oxygen atoms in total. The van der Waals surface area contributed by atoms with Crippen molar-refractivity contribution in [3.63, 3.8) is 0 Å². The lowest BCUT2D eigenvalue weighted by Crippen LogP contribution is -2.10. The van der Waals surface area contributed by atoms with Crippen LogP contribution < -0.4 is 11.5 Å². The van der Waals surface area contributed by atoms with Crippen LogP contribution in [0.15, 0.2) is 66.9 Å². The smallest absolute Gasteiger partial charge is 0.248 e. The molecule has 0 aliphatic carbocycles. The van der Waals surface area contributed by atoms with E-state index in [4.69, 9.17) is 11.5 Å². The van der Waals surface area contributed by atoms with Gasteiger partial charge in [0.2, 0.25) is 5.91 Å². The van der Waals surface area contributed by atoms with Crippen molar-refractivity contribution in [1.29, 1.82) is 0 Å². The summed E-state index contributed by atoms with van der Waals surface area (Å²) in [6, 6.07) is 17.7. The van der Waals surface area contributed by atoms with Crippen molar-refractivity contribution in [3.05, 3.63) is 106 Å². The van der Waals surface area contributed by atoms with Gasteiger partial charge in [0, 0.05) is 35.8 Å². The Morgan fingerprint density at radius 1 is 0.872 bits per heavy atom. The van der Waals surface area contributed by atoms with Gasteiger partial charge < -0.3 is 16.0 Å². The number of carbonyl (C=O) groups excluding carboxylic acids is 1. The Bertz CT molecular complexity index is 1250. The minimum absolute atomic E-state index is 0.364. The van der Waals surface area contributed by atoms with Gasteiger partial charge in [0.15, 0.2) is 0 Å². The predicted octanol–water partition coefficient (Wildman–Crippen LogP) is 7.81. The second-order valence-corrected chi connectivity index (χ2v) is 9.54. The average Bonchev–Trinajstić information content (AvgIpc) is 3.22. The molecule has 1 aromatic heterocycles. The zero-order valence-corrected chi connectivity index (χ0v) is 24.4. The number of benzene rings is 3. The van der Waals surface area contributed by atoms with E-state index in [1.54, 1.807) is 13.0 Å². The molecule has 6 heteroatoms. The van der Waals surface area contributed by atoms with Gasteiger partial charge in [-0.1, -0.05) is 57.0 Å². The van der Waals surface area contributed by atoms with Gasteiger partial charge in [-0.2, -0.15) is 0 Å². The monoisotopic (exact) mass is 537 g/mol. The molecule has 0 atom stereocenters. The molecule has 0 saturated heterocycles. The fourth-order valence-corrected chi connectivity index (χ4v) is 3.82. The number of halogens is 2. The number of hydrogen-bond acceptors (Lipinski definition) is 2. The average molecular weight is 538 g/mol. The van der Waals surface area contributed by atoms with Crippen LogP contribution in [0.5, 0.6) is 0 Å². The van der Waals surface area contributed by atoms with E-state index in [9.17, 15) is 13.6 Å². The molecule has 4 rings (SSSR count). The van der Waals surface area contributed by atoms with Crippen molar-refractivity contribution in [2.45, 2.75) is 66.7 Å². The van der Waals surface area contributed by atoms with Crippen LogP contribution in [0.2, 0.25) is 0 Å². The largest absolute Gasteiger partial charge is 0.366 e. The zero-order chi connectivity index (χ0) is 29.4. The van der Waals surface area contributed by atoms with Crippen molar-refractivity contribution in [2.24, 2.45) is 18.5 Å². The second kappa shape index (κ2) is 17.9. The van der Waals surface area contributed by atoms with Crippen LogP contribution in [0.3, 0.4) is 0 Å².